The molecule has 0 N–H and O–H groups in total. The van der Waals surface area contributed by atoms with Gasteiger partial charge < -0.3 is 14.7 Å². The zero-order valence-electron chi connectivity index (χ0n) is 15.5. The Bertz CT molecular complexity index is 617. The number of likely N-dealkylation sites (N-methyl/N-ethyl adjacent to an activating group) is 1. The predicted molar refractivity (Wildman–Crippen MR) is 97.9 cm³/mol. The fourth-order valence-corrected chi connectivity index (χ4v) is 3.93. The van der Waals surface area contributed by atoms with Crippen molar-refractivity contribution in [3.8, 4) is 0 Å². The van der Waals surface area contributed by atoms with Gasteiger partial charge in [0.1, 0.15) is 0 Å². The summed E-state index contributed by atoms with van der Waals surface area (Å²) in [7, 11) is 2.10. The van der Waals surface area contributed by atoms with Gasteiger partial charge in [0.05, 0.1) is 12.0 Å². The van der Waals surface area contributed by atoms with Gasteiger partial charge in [0.15, 0.2) is 0 Å². The van der Waals surface area contributed by atoms with Crippen LogP contribution < -0.4 is 0 Å². The lowest BCUT2D eigenvalue weighted by atomic mass is 9.99. The van der Waals surface area contributed by atoms with Crippen LogP contribution in [0.15, 0.2) is 30.3 Å². The first kappa shape index (κ1) is 17.9. The summed E-state index contributed by atoms with van der Waals surface area (Å²) in [6, 6.07) is 10.3. The van der Waals surface area contributed by atoms with E-state index in [-0.39, 0.29) is 23.8 Å². The third-order valence-electron chi connectivity index (χ3n) is 5.20. The minimum atomic E-state index is -0.194. The van der Waals surface area contributed by atoms with Crippen molar-refractivity contribution >= 4 is 11.8 Å². The van der Waals surface area contributed by atoms with E-state index in [1.54, 1.807) is 0 Å². The Morgan fingerprint density at radius 1 is 1.16 bits per heavy atom. The molecule has 2 atom stereocenters. The number of hydrogen-bond donors (Lipinski definition) is 0. The number of likely N-dealkylation sites (tertiary alicyclic amines) is 1. The van der Waals surface area contributed by atoms with E-state index in [9.17, 15) is 9.59 Å². The van der Waals surface area contributed by atoms with Crippen LogP contribution in [0.4, 0.5) is 0 Å². The number of carbonyl (C=O) groups is 2. The molecule has 0 radical (unpaired) electrons. The minimum absolute atomic E-state index is 0.0710. The van der Waals surface area contributed by atoms with Crippen molar-refractivity contribution in [1.82, 2.24) is 14.7 Å². The first-order valence-corrected chi connectivity index (χ1v) is 9.27. The Morgan fingerprint density at radius 3 is 2.56 bits per heavy atom. The fraction of sp³-hybridized carbons (Fsp3) is 0.600. The van der Waals surface area contributed by atoms with Gasteiger partial charge in [-0.1, -0.05) is 44.2 Å². The van der Waals surface area contributed by atoms with Crippen LogP contribution in [-0.4, -0.2) is 66.3 Å². The van der Waals surface area contributed by atoms with Gasteiger partial charge in [-0.15, -0.1) is 0 Å². The molecule has 5 nitrogen and oxygen atoms in total. The van der Waals surface area contributed by atoms with Gasteiger partial charge in [0.2, 0.25) is 11.8 Å². The van der Waals surface area contributed by atoms with Crippen molar-refractivity contribution in [1.29, 1.82) is 0 Å². The standard InChI is InChI=1S/C20H29N3O2/c1-15(2)12-22-13-17(11-19(22)24)20(25)23-10-9-21(3)14-18(23)16-7-5-4-6-8-16/h4-8,15,17-18H,9-14H2,1-3H3/t17-,18-/m0/s1. The molecule has 1 aromatic carbocycles. The predicted octanol–water partition coefficient (Wildman–Crippen LogP) is 2.01. The van der Waals surface area contributed by atoms with Crippen LogP contribution in [0.3, 0.4) is 0 Å². The summed E-state index contributed by atoms with van der Waals surface area (Å²) in [4.78, 5) is 31.6. The molecule has 0 bridgehead atoms. The lowest BCUT2D eigenvalue weighted by molar-refractivity contribution is -0.140. The summed E-state index contributed by atoms with van der Waals surface area (Å²) >= 11 is 0. The average Bonchev–Trinajstić information content (AvgIpc) is 2.95. The lowest BCUT2D eigenvalue weighted by Crippen LogP contribution is -2.51. The molecule has 3 rings (SSSR count). The van der Waals surface area contributed by atoms with Crippen LogP contribution in [0.1, 0.15) is 31.9 Å². The molecule has 1 aromatic rings. The maximum Gasteiger partial charge on any atom is 0.228 e. The second-order valence-corrected chi connectivity index (χ2v) is 7.81. The monoisotopic (exact) mass is 343 g/mol. The molecule has 25 heavy (non-hydrogen) atoms. The van der Waals surface area contributed by atoms with E-state index in [0.717, 1.165) is 26.2 Å². The largest absolute Gasteiger partial charge is 0.342 e. The Labute approximate surface area is 150 Å². The normalized spacial score (nSPS) is 25.0. The molecule has 0 saturated carbocycles. The van der Waals surface area contributed by atoms with E-state index in [0.29, 0.717) is 18.9 Å². The first-order chi connectivity index (χ1) is 12.0. The Balaban J connectivity index is 1.74. The van der Waals surface area contributed by atoms with Crippen molar-refractivity contribution in [3.63, 3.8) is 0 Å². The van der Waals surface area contributed by atoms with E-state index in [2.05, 4.69) is 37.9 Å². The highest BCUT2D eigenvalue weighted by molar-refractivity contribution is 5.89. The van der Waals surface area contributed by atoms with Gasteiger partial charge in [0, 0.05) is 39.1 Å². The number of carbonyl (C=O) groups excluding carboxylic acids is 2. The third-order valence-corrected chi connectivity index (χ3v) is 5.20. The average molecular weight is 343 g/mol. The molecule has 2 aliphatic heterocycles. The first-order valence-electron chi connectivity index (χ1n) is 9.27. The summed E-state index contributed by atoms with van der Waals surface area (Å²) in [5.41, 5.74) is 1.17. The van der Waals surface area contributed by atoms with Gasteiger partial charge in [-0.05, 0) is 18.5 Å². The fourth-order valence-electron chi connectivity index (χ4n) is 3.93. The summed E-state index contributed by atoms with van der Waals surface area (Å²) in [6.45, 7) is 7.97. The summed E-state index contributed by atoms with van der Waals surface area (Å²) in [5, 5.41) is 0. The highest BCUT2D eigenvalue weighted by atomic mass is 16.2. The summed E-state index contributed by atoms with van der Waals surface area (Å²) in [5.74, 6) is 0.498. The number of piperazine rings is 1. The maximum absolute atomic E-state index is 13.2. The molecule has 2 fully saturated rings. The van der Waals surface area contributed by atoms with Crippen LogP contribution in [0.2, 0.25) is 0 Å². The molecular weight excluding hydrogens is 314 g/mol. The van der Waals surface area contributed by atoms with Gasteiger partial charge in [-0.2, -0.15) is 0 Å². The van der Waals surface area contributed by atoms with E-state index in [1.807, 2.05) is 28.0 Å². The Kier molecular flexibility index (Phi) is 5.42. The zero-order valence-corrected chi connectivity index (χ0v) is 15.5. The van der Waals surface area contributed by atoms with E-state index >= 15 is 0 Å². The van der Waals surface area contributed by atoms with E-state index < -0.39 is 0 Å². The lowest BCUT2D eigenvalue weighted by Gasteiger charge is -2.41. The topological polar surface area (TPSA) is 43.9 Å². The number of nitrogens with zero attached hydrogens (tertiary/aromatic N) is 3. The van der Waals surface area contributed by atoms with Crippen molar-refractivity contribution < 1.29 is 9.59 Å². The highest BCUT2D eigenvalue weighted by Gasteiger charge is 2.40. The maximum atomic E-state index is 13.2. The summed E-state index contributed by atoms with van der Waals surface area (Å²) in [6.07, 6.45) is 0.361. The molecule has 2 aliphatic rings. The Hall–Kier alpha value is -1.88. The molecule has 2 heterocycles. The number of amides is 2. The summed E-state index contributed by atoms with van der Waals surface area (Å²) < 4.78 is 0. The molecule has 0 spiro atoms. The van der Waals surface area contributed by atoms with Gasteiger partial charge in [0.25, 0.3) is 0 Å². The molecule has 136 valence electrons. The molecule has 5 heteroatoms. The second-order valence-electron chi connectivity index (χ2n) is 7.81. The van der Waals surface area contributed by atoms with Crippen LogP contribution in [0.25, 0.3) is 0 Å². The molecule has 2 saturated heterocycles. The van der Waals surface area contributed by atoms with Crippen molar-refractivity contribution in [2.24, 2.45) is 11.8 Å². The third kappa shape index (κ3) is 4.03. The van der Waals surface area contributed by atoms with Crippen LogP contribution in [-0.2, 0) is 9.59 Å². The zero-order chi connectivity index (χ0) is 18.0. The number of benzene rings is 1. The van der Waals surface area contributed by atoms with E-state index in [1.165, 1.54) is 5.56 Å². The smallest absolute Gasteiger partial charge is 0.228 e. The number of rotatable bonds is 4. The SMILES string of the molecule is CC(C)CN1C[C@@H](C(=O)N2CCN(C)C[C@H]2c2ccccc2)CC1=O. The second kappa shape index (κ2) is 7.56. The van der Waals surface area contributed by atoms with Gasteiger partial charge >= 0.3 is 0 Å². The molecule has 0 aliphatic carbocycles. The molecule has 0 unspecified atom stereocenters. The van der Waals surface area contributed by atoms with Crippen LogP contribution >= 0.6 is 0 Å². The minimum Gasteiger partial charge on any atom is -0.342 e. The van der Waals surface area contributed by atoms with Gasteiger partial charge in [-0.25, -0.2) is 0 Å². The number of hydrogen-bond acceptors (Lipinski definition) is 3. The molecule has 0 aromatic heterocycles. The molecule has 2 amide bonds. The Morgan fingerprint density at radius 2 is 1.88 bits per heavy atom. The van der Waals surface area contributed by atoms with E-state index in [4.69, 9.17) is 0 Å². The van der Waals surface area contributed by atoms with Crippen LogP contribution in [0, 0.1) is 11.8 Å². The van der Waals surface area contributed by atoms with Crippen molar-refractivity contribution in [2.45, 2.75) is 26.3 Å². The quantitative estimate of drug-likeness (QED) is 0.840. The van der Waals surface area contributed by atoms with Crippen LogP contribution in [0.5, 0.6) is 0 Å². The van der Waals surface area contributed by atoms with Crippen molar-refractivity contribution in [2.75, 3.05) is 39.8 Å². The molecular formula is C20H29N3O2. The van der Waals surface area contributed by atoms with Gasteiger partial charge in [-0.3, -0.25) is 9.59 Å². The highest BCUT2D eigenvalue weighted by Crippen LogP contribution is 2.29. The van der Waals surface area contributed by atoms with Crippen molar-refractivity contribution in [3.05, 3.63) is 35.9 Å².